The van der Waals surface area contributed by atoms with Crippen molar-refractivity contribution in [2.75, 3.05) is 11.9 Å². The van der Waals surface area contributed by atoms with Crippen LogP contribution in [0, 0.1) is 0 Å². The van der Waals surface area contributed by atoms with Gasteiger partial charge in [0, 0.05) is 33.7 Å². The first-order valence-electron chi connectivity index (χ1n) is 8.90. The molecule has 27 heavy (non-hydrogen) atoms. The van der Waals surface area contributed by atoms with Crippen molar-refractivity contribution in [3.05, 3.63) is 74.3 Å². The second-order valence-electron chi connectivity index (χ2n) is 7.12. The molecule has 3 nitrogen and oxygen atoms in total. The molecule has 1 heterocycles. The molecule has 2 aromatic rings. The van der Waals surface area contributed by atoms with Crippen LogP contribution in [-0.4, -0.2) is 23.5 Å². The zero-order valence-corrected chi connectivity index (χ0v) is 18.0. The molecule has 1 aliphatic heterocycles. The van der Waals surface area contributed by atoms with E-state index in [2.05, 4.69) is 34.1 Å². The predicted octanol–water partition coefficient (Wildman–Crippen LogP) is 6.68. The van der Waals surface area contributed by atoms with Crippen molar-refractivity contribution < 1.29 is 4.79 Å². The summed E-state index contributed by atoms with van der Waals surface area (Å²) in [4.78, 5) is 16.9. The van der Waals surface area contributed by atoms with Crippen molar-refractivity contribution in [3.8, 4) is 0 Å². The van der Waals surface area contributed by atoms with Gasteiger partial charge >= 0.3 is 6.03 Å². The molecule has 0 aromatic heterocycles. The number of halogens is 3. The number of allylic oxidation sites excluding steroid dienone is 1. The number of hydrogen-bond acceptors (Lipinski definition) is 1. The molecule has 1 atom stereocenters. The number of amides is 2. The SMILES string of the molecule is CN1C(=O)N(c2cc(Cl)cc(Cl)c2)C2=CCCCC21Cc1ccc(Br)cc1. The van der Waals surface area contributed by atoms with E-state index in [4.69, 9.17) is 23.2 Å². The maximum Gasteiger partial charge on any atom is 0.329 e. The van der Waals surface area contributed by atoms with Gasteiger partial charge in [0.2, 0.25) is 0 Å². The Hall–Kier alpha value is -1.49. The summed E-state index contributed by atoms with van der Waals surface area (Å²) >= 11 is 15.9. The predicted molar refractivity (Wildman–Crippen MR) is 115 cm³/mol. The molecule has 0 bridgehead atoms. The lowest BCUT2D eigenvalue weighted by atomic mass is 9.79. The second-order valence-corrected chi connectivity index (χ2v) is 8.91. The minimum absolute atomic E-state index is 0.0430. The number of anilines is 1. The molecule has 140 valence electrons. The number of likely N-dealkylation sites (N-methyl/N-ethyl adjacent to an activating group) is 1. The van der Waals surface area contributed by atoms with Crippen LogP contribution in [0.2, 0.25) is 10.0 Å². The standard InChI is InChI=1S/C21H19BrCl2N2O/c1-25-20(27)26(18-11-16(23)10-17(24)12-18)19-4-2-3-9-21(19,25)13-14-5-7-15(22)8-6-14/h4-8,10-12H,2-3,9,13H2,1H3. The first-order valence-corrected chi connectivity index (χ1v) is 10.4. The average Bonchev–Trinajstić information content (AvgIpc) is 2.84. The molecule has 2 aromatic carbocycles. The highest BCUT2D eigenvalue weighted by Crippen LogP contribution is 2.47. The quantitative estimate of drug-likeness (QED) is 0.496. The van der Waals surface area contributed by atoms with Gasteiger partial charge in [-0.25, -0.2) is 4.79 Å². The van der Waals surface area contributed by atoms with Gasteiger partial charge in [0.25, 0.3) is 0 Å². The summed E-state index contributed by atoms with van der Waals surface area (Å²) in [5.74, 6) is 0. The Morgan fingerprint density at radius 1 is 1.11 bits per heavy atom. The lowest BCUT2D eigenvalue weighted by molar-refractivity contribution is 0.175. The van der Waals surface area contributed by atoms with E-state index in [0.29, 0.717) is 10.0 Å². The molecule has 0 spiro atoms. The smallest absolute Gasteiger partial charge is 0.316 e. The van der Waals surface area contributed by atoms with Crippen LogP contribution in [0.15, 0.2) is 58.7 Å². The summed E-state index contributed by atoms with van der Waals surface area (Å²) in [7, 11) is 1.90. The van der Waals surface area contributed by atoms with Crippen molar-refractivity contribution in [1.82, 2.24) is 4.90 Å². The third-order valence-electron chi connectivity index (χ3n) is 5.49. The van der Waals surface area contributed by atoms with E-state index in [0.717, 1.165) is 41.5 Å². The van der Waals surface area contributed by atoms with Gasteiger partial charge in [-0.3, -0.25) is 4.90 Å². The molecule has 0 saturated carbocycles. The van der Waals surface area contributed by atoms with Gasteiger partial charge in [-0.1, -0.05) is 57.3 Å². The molecular weight excluding hydrogens is 447 g/mol. The van der Waals surface area contributed by atoms with Crippen molar-refractivity contribution in [1.29, 1.82) is 0 Å². The maximum absolute atomic E-state index is 13.3. The van der Waals surface area contributed by atoms with E-state index in [1.54, 1.807) is 23.1 Å². The molecule has 0 radical (unpaired) electrons. The molecule has 2 amide bonds. The van der Waals surface area contributed by atoms with E-state index in [1.807, 2.05) is 24.1 Å². The molecule has 2 aliphatic rings. The molecule has 1 aliphatic carbocycles. The first-order chi connectivity index (χ1) is 12.9. The van der Waals surface area contributed by atoms with Crippen LogP contribution >= 0.6 is 39.1 Å². The molecular formula is C21H19BrCl2N2O. The number of benzene rings is 2. The summed E-state index contributed by atoms with van der Waals surface area (Å²) in [5, 5.41) is 1.05. The number of nitrogens with zero attached hydrogens (tertiary/aromatic N) is 2. The Morgan fingerprint density at radius 2 is 1.78 bits per heavy atom. The minimum atomic E-state index is -0.349. The van der Waals surface area contributed by atoms with Gasteiger partial charge in [-0.05, 0) is 55.2 Å². The van der Waals surface area contributed by atoms with Crippen molar-refractivity contribution in [3.63, 3.8) is 0 Å². The van der Waals surface area contributed by atoms with Gasteiger partial charge in [0.05, 0.1) is 11.2 Å². The lowest BCUT2D eigenvalue weighted by Gasteiger charge is -2.38. The number of rotatable bonds is 3. The summed E-state index contributed by atoms with van der Waals surface area (Å²) in [6, 6.07) is 13.5. The molecule has 1 unspecified atom stereocenters. The fourth-order valence-corrected chi connectivity index (χ4v) is 4.96. The van der Waals surface area contributed by atoms with Gasteiger partial charge < -0.3 is 4.90 Å². The summed E-state index contributed by atoms with van der Waals surface area (Å²) in [5.41, 5.74) is 2.60. The Morgan fingerprint density at radius 3 is 2.44 bits per heavy atom. The molecule has 1 fully saturated rings. The van der Waals surface area contributed by atoms with Crippen LogP contribution < -0.4 is 4.90 Å². The van der Waals surface area contributed by atoms with Crippen LogP contribution in [-0.2, 0) is 6.42 Å². The minimum Gasteiger partial charge on any atom is -0.316 e. The number of fused-ring (bicyclic) bond motifs is 1. The van der Waals surface area contributed by atoms with Crippen molar-refractivity contribution in [2.45, 2.75) is 31.2 Å². The molecule has 0 N–H and O–H groups in total. The topological polar surface area (TPSA) is 23.6 Å². The number of carbonyl (C=O) groups is 1. The molecule has 4 rings (SSSR count). The van der Waals surface area contributed by atoms with Crippen molar-refractivity contribution in [2.24, 2.45) is 0 Å². The van der Waals surface area contributed by atoms with Crippen LogP contribution in [0.25, 0.3) is 0 Å². The highest BCUT2D eigenvalue weighted by molar-refractivity contribution is 9.10. The molecule has 1 saturated heterocycles. The number of carbonyl (C=O) groups excluding carboxylic acids is 1. The van der Waals surface area contributed by atoms with Crippen LogP contribution in [0.1, 0.15) is 24.8 Å². The first kappa shape index (κ1) is 18.9. The summed E-state index contributed by atoms with van der Waals surface area (Å²) < 4.78 is 1.05. The number of urea groups is 1. The Kier molecular flexibility index (Phi) is 5.00. The van der Waals surface area contributed by atoms with Gasteiger partial charge in [0.1, 0.15) is 0 Å². The largest absolute Gasteiger partial charge is 0.329 e. The van der Waals surface area contributed by atoms with E-state index in [1.165, 1.54) is 5.56 Å². The Labute approximate surface area is 177 Å². The highest BCUT2D eigenvalue weighted by atomic mass is 79.9. The Balaban J connectivity index is 1.79. The van der Waals surface area contributed by atoms with E-state index in [-0.39, 0.29) is 11.6 Å². The summed E-state index contributed by atoms with van der Waals surface area (Å²) in [6.07, 6.45) is 5.92. The third-order valence-corrected chi connectivity index (χ3v) is 6.45. The van der Waals surface area contributed by atoms with Gasteiger partial charge in [-0.2, -0.15) is 0 Å². The van der Waals surface area contributed by atoms with Gasteiger partial charge in [-0.15, -0.1) is 0 Å². The van der Waals surface area contributed by atoms with E-state index >= 15 is 0 Å². The van der Waals surface area contributed by atoms with Crippen LogP contribution in [0.4, 0.5) is 10.5 Å². The van der Waals surface area contributed by atoms with Crippen molar-refractivity contribution >= 4 is 50.9 Å². The highest BCUT2D eigenvalue weighted by Gasteiger charge is 2.53. The Bertz CT molecular complexity index is 908. The fraction of sp³-hybridized carbons (Fsp3) is 0.286. The second kappa shape index (κ2) is 7.16. The summed E-state index contributed by atoms with van der Waals surface area (Å²) in [6.45, 7) is 0. The fourth-order valence-electron chi connectivity index (χ4n) is 4.18. The maximum atomic E-state index is 13.3. The normalized spacial score (nSPS) is 22.1. The van der Waals surface area contributed by atoms with E-state index in [9.17, 15) is 4.79 Å². The zero-order valence-electron chi connectivity index (χ0n) is 14.9. The van der Waals surface area contributed by atoms with Crippen LogP contribution in [0.5, 0.6) is 0 Å². The van der Waals surface area contributed by atoms with Gasteiger partial charge in [0.15, 0.2) is 0 Å². The molecule has 6 heteroatoms. The zero-order chi connectivity index (χ0) is 19.2. The lowest BCUT2D eigenvalue weighted by Crippen LogP contribution is -2.46. The average molecular weight is 466 g/mol. The third kappa shape index (κ3) is 3.28. The monoisotopic (exact) mass is 464 g/mol. The van der Waals surface area contributed by atoms with E-state index < -0.39 is 0 Å². The van der Waals surface area contributed by atoms with Crippen LogP contribution in [0.3, 0.4) is 0 Å². The number of hydrogen-bond donors (Lipinski definition) is 0.